The summed E-state index contributed by atoms with van der Waals surface area (Å²) in [5.41, 5.74) is 5.30. The molecular formula is C10H8F2N4OS. The number of nitrogen functional groups attached to an aromatic ring is 1. The van der Waals surface area contributed by atoms with Crippen molar-refractivity contribution in [2.24, 2.45) is 0 Å². The maximum absolute atomic E-state index is 13.4. The number of aryl methyl sites for hydroxylation is 1. The molecule has 1 aromatic heterocycles. The van der Waals surface area contributed by atoms with Crippen LogP contribution in [-0.4, -0.2) is 15.5 Å². The van der Waals surface area contributed by atoms with Crippen molar-refractivity contribution in [3.05, 3.63) is 34.3 Å². The van der Waals surface area contributed by atoms with E-state index in [0.717, 1.165) is 17.6 Å². The van der Waals surface area contributed by atoms with Gasteiger partial charge in [0, 0.05) is 6.07 Å². The molecule has 0 atom stereocenters. The number of rotatable bonds is 2. The monoisotopic (exact) mass is 270 g/mol. The summed E-state index contributed by atoms with van der Waals surface area (Å²) in [7, 11) is 0. The van der Waals surface area contributed by atoms with Crippen LogP contribution in [0, 0.1) is 18.6 Å². The summed E-state index contributed by atoms with van der Waals surface area (Å²) in [4.78, 5) is 12.0. The largest absolute Gasteiger partial charge is 0.396 e. The van der Waals surface area contributed by atoms with Gasteiger partial charge in [0.1, 0.15) is 16.5 Å². The number of nitrogens with one attached hydrogen (secondary N) is 1. The predicted octanol–water partition coefficient (Wildman–Crippen LogP) is 1.96. The van der Waals surface area contributed by atoms with Gasteiger partial charge in [0.2, 0.25) is 0 Å². The van der Waals surface area contributed by atoms with Crippen molar-refractivity contribution in [3.63, 3.8) is 0 Å². The summed E-state index contributed by atoms with van der Waals surface area (Å²) in [5, 5.41) is 5.95. The van der Waals surface area contributed by atoms with Crippen LogP contribution >= 0.6 is 11.5 Å². The van der Waals surface area contributed by atoms with Gasteiger partial charge in [-0.2, -0.15) is 0 Å². The normalized spacial score (nSPS) is 10.4. The Hall–Kier alpha value is -2.09. The van der Waals surface area contributed by atoms with Gasteiger partial charge in [0.05, 0.1) is 17.1 Å². The molecule has 3 N–H and O–H groups in total. The number of halogens is 2. The van der Waals surface area contributed by atoms with Gasteiger partial charge < -0.3 is 11.1 Å². The standard InChI is InChI=1S/C10H8F2N4OS/c1-4-9(18-16-15-4)10(17)14-8-3-7(13)5(11)2-6(8)12/h2-3H,13H2,1H3,(H,14,17). The van der Waals surface area contributed by atoms with Crippen LogP contribution in [0.2, 0.25) is 0 Å². The third-order valence-corrected chi connectivity index (χ3v) is 3.02. The van der Waals surface area contributed by atoms with Crippen molar-refractivity contribution in [2.45, 2.75) is 6.92 Å². The van der Waals surface area contributed by atoms with Crippen LogP contribution in [0.3, 0.4) is 0 Å². The Labute approximate surface area is 105 Å². The molecule has 0 saturated heterocycles. The molecule has 1 heterocycles. The van der Waals surface area contributed by atoms with Crippen molar-refractivity contribution in [1.82, 2.24) is 9.59 Å². The first-order valence-electron chi connectivity index (χ1n) is 4.84. The Morgan fingerprint density at radius 1 is 1.39 bits per heavy atom. The molecule has 0 unspecified atom stereocenters. The summed E-state index contributed by atoms with van der Waals surface area (Å²) in [6, 6.07) is 1.63. The van der Waals surface area contributed by atoms with Gasteiger partial charge >= 0.3 is 0 Å². The van der Waals surface area contributed by atoms with Crippen LogP contribution in [0.4, 0.5) is 20.2 Å². The van der Waals surface area contributed by atoms with Gasteiger partial charge in [-0.25, -0.2) is 8.78 Å². The van der Waals surface area contributed by atoms with E-state index in [-0.39, 0.29) is 16.3 Å². The lowest BCUT2D eigenvalue weighted by Gasteiger charge is -2.06. The summed E-state index contributed by atoms with van der Waals surface area (Å²) in [6.07, 6.45) is 0. The summed E-state index contributed by atoms with van der Waals surface area (Å²) >= 11 is 0.889. The van der Waals surface area contributed by atoms with E-state index in [1.165, 1.54) is 0 Å². The lowest BCUT2D eigenvalue weighted by Crippen LogP contribution is -2.13. The van der Waals surface area contributed by atoms with Crippen molar-refractivity contribution in [1.29, 1.82) is 0 Å². The van der Waals surface area contributed by atoms with Crippen LogP contribution < -0.4 is 11.1 Å². The number of amides is 1. The maximum Gasteiger partial charge on any atom is 0.269 e. The molecular weight excluding hydrogens is 262 g/mol. The molecule has 2 rings (SSSR count). The Bertz CT molecular complexity index is 614. The van der Waals surface area contributed by atoms with E-state index in [1.807, 2.05) is 0 Å². The molecule has 5 nitrogen and oxygen atoms in total. The first kappa shape index (κ1) is 12.4. The van der Waals surface area contributed by atoms with Gasteiger partial charge in [0.15, 0.2) is 0 Å². The first-order valence-corrected chi connectivity index (χ1v) is 5.61. The fourth-order valence-electron chi connectivity index (χ4n) is 1.28. The zero-order chi connectivity index (χ0) is 13.3. The van der Waals surface area contributed by atoms with Gasteiger partial charge in [-0.3, -0.25) is 4.79 Å². The Balaban J connectivity index is 2.28. The third-order valence-electron chi connectivity index (χ3n) is 2.19. The third kappa shape index (κ3) is 2.28. The minimum absolute atomic E-state index is 0.188. The highest BCUT2D eigenvalue weighted by atomic mass is 32.1. The van der Waals surface area contributed by atoms with Gasteiger partial charge in [-0.1, -0.05) is 4.49 Å². The maximum atomic E-state index is 13.4. The van der Waals surface area contributed by atoms with Crippen LogP contribution in [-0.2, 0) is 0 Å². The fourth-order valence-corrected chi connectivity index (χ4v) is 1.83. The van der Waals surface area contributed by atoms with Gasteiger partial charge in [0.25, 0.3) is 5.91 Å². The van der Waals surface area contributed by atoms with E-state index in [0.29, 0.717) is 11.8 Å². The number of aromatic nitrogens is 2. The summed E-state index contributed by atoms with van der Waals surface area (Å²) in [6.45, 7) is 1.60. The summed E-state index contributed by atoms with van der Waals surface area (Å²) in [5.74, 6) is -2.33. The minimum atomic E-state index is -0.898. The SMILES string of the molecule is Cc1nnsc1C(=O)Nc1cc(N)c(F)cc1F. The first-order chi connectivity index (χ1) is 8.49. The second-order valence-corrected chi connectivity index (χ2v) is 4.25. The zero-order valence-corrected chi connectivity index (χ0v) is 10.0. The lowest BCUT2D eigenvalue weighted by atomic mass is 10.2. The zero-order valence-electron chi connectivity index (χ0n) is 9.20. The number of nitrogens with two attached hydrogens (primary N) is 1. The van der Waals surface area contributed by atoms with Crippen molar-refractivity contribution in [3.8, 4) is 0 Å². The quantitative estimate of drug-likeness (QED) is 0.817. The Morgan fingerprint density at radius 2 is 2.11 bits per heavy atom. The van der Waals surface area contributed by atoms with E-state index in [9.17, 15) is 13.6 Å². The average molecular weight is 270 g/mol. The van der Waals surface area contributed by atoms with Crippen molar-refractivity contribution < 1.29 is 13.6 Å². The molecule has 8 heteroatoms. The highest BCUT2D eigenvalue weighted by Gasteiger charge is 2.16. The van der Waals surface area contributed by atoms with E-state index in [2.05, 4.69) is 14.9 Å². The number of hydrogen-bond donors (Lipinski definition) is 2. The van der Waals surface area contributed by atoms with Gasteiger partial charge in [-0.15, -0.1) is 5.10 Å². The minimum Gasteiger partial charge on any atom is -0.396 e. The molecule has 1 aromatic carbocycles. The topological polar surface area (TPSA) is 80.9 Å². The molecule has 0 aliphatic heterocycles. The second kappa shape index (κ2) is 4.65. The molecule has 2 aromatic rings. The van der Waals surface area contributed by atoms with Crippen LogP contribution in [0.15, 0.2) is 12.1 Å². The van der Waals surface area contributed by atoms with E-state index >= 15 is 0 Å². The molecule has 18 heavy (non-hydrogen) atoms. The van der Waals surface area contributed by atoms with Crippen molar-refractivity contribution >= 4 is 28.8 Å². The molecule has 0 aliphatic carbocycles. The Kier molecular flexibility index (Phi) is 3.19. The van der Waals surface area contributed by atoms with Crippen LogP contribution in [0.1, 0.15) is 15.4 Å². The van der Waals surface area contributed by atoms with E-state index in [1.54, 1.807) is 6.92 Å². The highest BCUT2D eigenvalue weighted by molar-refractivity contribution is 7.08. The highest BCUT2D eigenvalue weighted by Crippen LogP contribution is 2.22. The van der Waals surface area contributed by atoms with Gasteiger partial charge in [-0.05, 0) is 24.5 Å². The molecule has 94 valence electrons. The number of nitrogens with zero attached hydrogens (tertiary/aromatic N) is 2. The number of carbonyl (C=O) groups is 1. The van der Waals surface area contributed by atoms with Crippen molar-refractivity contribution in [2.75, 3.05) is 11.1 Å². The fraction of sp³-hybridized carbons (Fsp3) is 0.100. The molecule has 0 bridgehead atoms. The molecule has 0 radical (unpaired) electrons. The Morgan fingerprint density at radius 3 is 2.72 bits per heavy atom. The molecule has 0 fully saturated rings. The average Bonchev–Trinajstić information content (AvgIpc) is 2.72. The number of anilines is 2. The number of hydrogen-bond acceptors (Lipinski definition) is 5. The second-order valence-electron chi connectivity index (χ2n) is 3.50. The van der Waals surface area contributed by atoms with E-state index < -0.39 is 17.5 Å². The molecule has 0 aliphatic rings. The number of carbonyl (C=O) groups excluding carboxylic acids is 1. The lowest BCUT2D eigenvalue weighted by molar-refractivity contribution is 0.102. The predicted molar refractivity (Wildman–Crippen MR) is 63.4 cm³/mol. The molecule has 0 spiro atoms. The smallest absolute Gasteiger partial charge is 0.269 e. The van der Waals surface area contributed by atoms with Crippen LogP contribution in [0.5, 0.6) is 0 Å². The van der Waals surface area contributed by atoms with Crippen LogP contribution in [0.25, 0.3) is 0 Å². The molecule has 0 saturated carbocycles. The molecule has 1 amide bonds. The summed E-state index contributed by atoms with van der Waals surface area (Å²) < 4.78 is 29.9. The van der Waals surface area contributed by atoms with E-state index in [4.69, 9.17) is 5.73 Å². The number of benzene rings is 1.